The number of carbonyl (C=O) groups excluding carboxylic acids is 1. The Morgan fingerprint density at radius 2 is 1.91 bits per heavy atom. The number of oxime groups is 1. The summed E-state index contributed by atoms with van der Waals surface area (Å²) in [5.74, 6) is 8.15. The molecule has 4 heteroatoms. The summed E-state index contributed by atoms with van der Waals surface area (Å²) in [6, 6.07) is 0. The van der Waals surface area contributed by atoms with Crippen molar-refractivity contribution in [1.82, 2.24) is 0 Å². The SMILES string of the molecule is CO/N=C(\C#CC1CC(CC(C)C)C1)CCC(=O)OC(C)(C)C. The van der Waals surface area contributed by atoms with Crippen LogP contribution in [-0.4, -0.2) is 24.4 Å². The van der Waals surface area contributed by atoms with Crippen molar-refractivity contribution in [3.63, 3.8) is 0 Å². The maximum absolute atomic E-state index is 11.8. The molecule has 0 aromatic heterocycles. The standard InChI is InChI=1S/C19H31NO3/c1-14(2)11-16-12-15(13-16)7-8-17(20-22-6)9-10-18(21)23-19(3,4)5/h14-16H,9-13H2,1-6H3/b20-17+. The van der Waals surface area contributed by atoms with Crippen molar-refractivity contribution in [2.75, 3.05) is 7.11 Å². The molecule has 0 aromatic carbocycles. The van der Waals surface area contributed by atoms with E-state index >= 15 is 0 Å². The number of nitrogens with zero attached hydrogens (tertiary/aromatic N) is 1. The minimum atomic E-state index is -0.460. The highest BCUT2D eigenvalue weighted by molar-refractivity contribution is 6.01. The molecule has 1 aliphatic rings. The lowest BCUT2D eigenvalue weighted by Gasteiger charge is -2.33. The monoisotopic (exact) mass is 321 g/mol. The highest BCUT2D eigenvalue weighted by Crippen LogP contribution is 2.37. The van der Waals surface area contributed by atoms with Gasteiger partial charge in [-0.15, -0.1) is 0 Å². The van der Waals surface area contributed by atoms with Gasteiger partial charge in [-0.3, -0.25) is 4.79 Å². The van der Waals surface area contributed by atoms with Crippen LogP contribution in [0.15, 0.2) is 5.16 Å². The van der Waals surface area contributed by atoms with Gasteiger partial charge < -0.3 is 9.57 Å². The molecule has 0 aromatic rings. The maximum atomic E-state index is 11.8. The number of hydrogen-bond donors (Lipinski definition) is 0. The van der Waals surface area contributed by atoms with Crippen LogP contribution >= 0.6 is 0 Å². The summed E-state index contributed by atoms with van der Waals surface area (Å²) in [6.07, 6.45) is 4.37. The fourth-order valence-electron chi connectivity index (χ4n) is 2.75. The van der Waals surface area contributed by atoms with E-state index in [0.29, 0.717) is 18.1 Å². The topological polar surface area (TPSA) is 47.9 Å². The third-order valence-corrected chi connectivity index (χ3v) is 3.65. The van der Waals surface area contributed by atoms with Crippen LogP contribution in [0.2, 0.25) is 0 Å². The molecule has 0 N–H and O–H groups in total. The van der Waals surface area contributed by atoms with Crippen LogP contribution in [0.1, 0.15) is 66.7 Å². The van der Waals surface area contributed by atoms with Gasteiger partial charge in [0.15, 0.2) is 0 Å². The van der Waals surface area contributed by atoms with Crippen molar-refractivity contribution in [2.45, 2.75) is 72.3 Å². The van der Waals surface area contributed by atoms with Gasteiger partial charge in [-0.05, 0) is 57.8 Å². The molecular weight excluding hydrogens is 290 g/mol. The highest BCUT2D eigenvalue weighted by atomic mass is 16.6. The summed E-state index contributed by atoms with van der Waals surface area (Å²) in [6.45, 7) is 10.1. The maximum Gasteiger partial charge on any atom is 0.306 e. The van der Waals surface area contributed by atoms with E-state index in [-0.39, 0.29) is 12.4 Å². The fourth-order valence-corrected chi connectivity index (χ4v) is 2.75. The molecule has 0 spiro atoms. The van der Waals surface area contributed by atoms with Crippen LogP contribution in [-0.2, 0) is 14.4 Å². The quantitative estimate of drug-likeness (QED) is 0.319. The zero-order valence-corrected chi connectivity index (χ0v) is 15.4. The predicted molar refractivity (Wildman–Crippen MR) is 93.0 cm³/mol. The summed E-state index contributed by atoms with van der Waals surface area (Å²) < 4.78 is 5.29. The Morgan fingerprint density at radius 3 is 2.43 bits per heavy atom. The van der Waals surface area contributed by atoms with Crippen LogP contribution in [0, 0.1) is 29.6 Å². The molecule has 130 valence electrons. The Balaban J connectivity index is 2.41. The van der Waals surface area contributed by atoms with Crippen LogP contribution < -0.4 is 0 Å². The lowest BCUT2D eigenvalue weighted by molar-refractivity contribution is -0.154. The van der Waals surface area contributed by atoms with Gasteiger partial charge in [0.2, 0.25) is 0 Å². The predicted octanol–water partition coefficient (Wildman–Crippen LogP) is 4.19. The normalized spacial score (nSPS) is 21.3. The summed E-state index contributed by atoms with van der Waals surface area (Å²) in [5, 5.41) is 3.93. The van der Waals surface area contributed by atoms with E-state index in [2.05, 4.69) is 30.8 Å². The molecule has 1 rings (SSSR count). The first-order valence-corrected chi connectivity index (χ1v) is 8.53. The average molecular weight is 321 g/mol. The second-order valence-electron chi connectivity index (χ2n) is 7.74. The van der Waals surface area contributed by atoms with E-state index in [0.717, 1.165) is 11.8 Å². The third-order valence-electron chi connectivity index (χ3n) is 3.65. The smallest absolute Gasteiger partial charge is 0.306 e. The molecule has 0 amide bonds. The van der Waals surface area contributed by atoms with Crippen LogP contribution in [0.25, 0.3) is 0 Å². The van der Waals surface area contributed by atoms with Gasteiger partial charge in [0, 0.05) is 12.3 Å². The van der Waals surface area contributed by atoms with Crippen molar-refractivity contribution in [3.05, 3.63) is 0 Å². The Bertz CT molecular complexity index is 471. The number of ether oxygens (including phenoxy) is 1. The molecule has 0 saturated heterocycles. The van der Waals surface area contributed by atoms with Gasteiger partial charge in [0.25, 0.3) is 0 Å². The van der Waals surface area contributed by atoms with Gasteiger partial charge >= 0.3 is 5.97 Å². The van der Waals surface area contributed by atoms with Gasteiger partial charge in [-0.2, -0.15) is 0 Å². The minimum absolute atomic E-state index is 0.233. The lowest BCUT2D eigenvalue weighted by atomic mass is 9.72. The summed E-state index contributed by atoms with van der Waals surface area (Å²) >= 11 is 0. The minimum Gasteiger partial charge on any atom is -0.460 e. The zero-order valence-electron chi connectivity index (χ0n) is 15.4. The second-order valence-corrected chi connectivity index (χ2v) is 7.74. The first-order valence-electron chi connectivity index (χ1n) is 8.53. The van der Waals surface area contributed by atoms with Crippen molar-refractivity contribution in [1.29, 1.82) is 0 Å². The van der Waals surface area contributed by atoms with Gasteiger partial charge in [-0.1, -0.05) is 24.9 Å². The van der Waals surface area contributed by atoms with Crippen molar-refractivity contribution >= 4 is 11.7 Å². The van der Waals surface area contributed by atoms with E-state index in [1.54, 1.807) is 0 Å². The molecule has 1 fully saturated rings. The average Bonchev–Trinajstić information content (AvgIpc) is 2.35. The zero-order chi connectivity index (χ0) is 17.5. The first-order chi connectivity index (χ1) is 10.7. The fraction of sp³-hybridized carbons (Fsp3) is 0.789. The summed E-state index contributed by atoms with van der Waals surface area (Å²) in [4.78, 5) is 16.6. The molecule has 0 atom stereocenters. The molecule has 0 heterocycles. The van der Waals surface area contributed by atoms with E-state index in [1.165, 1.54) is 26.4 Å². The molecule has 0 unspecified atom stereocenters. The molecule has 23 heavy (non-hydrogen) atoms. The molecule has 1 aliphatic carbocycles. The van der Waals surface area contributed by atoms with Gasteiger partial charge in [0.05, 0.1) is 6.42 Å². The van der Waals surface area contributed by atoms with E-state index in [1.807, 2.05) is 20.8 Å². The van der Waals surface area contributed by atoms with Crippen molar-refractivity contribution < 1.29 is 14.4 Å². The van der Waals surface area contributed by atoms with Gasteiger partial charge in [-0.25, -0.2) is 0 Å². The largest absolute Gasteiger partial charge is 0.460 e. The third kappa shape index (κ3) is 8.64. The van der Waals surface area contributed by atoms with Crippen LogP contribution in [0.3, 0.4) is 0 Å². The first kappa shape index (κ1) is 19.5. The van der Waals surface area contributed by atoms with Crippen LogP contribution in [0.4, 0.5) is 0 Å². The molecule has 0 bridgehead atoms. The molecule has 0 radical (unpaired) electrons. The van der Waals surface area contributed by atoms with Crippen molar-refractivity contribution in [3.8, 4) is 11.8 Å². The second kappa shape index (κ2) is 8.96. The molecular formula is C19H31NO3. The highest BCUT2D eigenvalue weighted by Gasteiger charge is 2.28. The number of esters is 1. The Morgan fingerprint density at radius 1 is 1.26 bits per heavy atom. The van der Waals surface area contributed by atoms with Gasteiger partial charge in [0.1, 0.15) is 18.4 Å². The summed E-state index contributed by atoms with van der Waals surface area (Å²) in [7, 11) is 1.50. The number of rotatable bonds is 6. The molecule has 4 nitrogen and oxygen atoms in total. The van der Waals surface area contributed by atoms with Crippen LogP contribution in [0.5, 0.6) is 0 Å². The summed E-state index contributed by atoms with van der Waals surface area (Å²) in [5.41, 5.74) is 0.157. The molecule has 1 saturated carbocycles. The molecule has 0 aliphatic heterocycles. The Kier molecular flexibility index (Phi) is 7.61. The number of hydrogen-bond acceptors (Lipinski definition) is 4. The number of carbonyl (C=O) groups is 1. The van der Waals surface area contributed by atoms with E-state index in [9.17, 15) is 4.79 Å². The Labute approximate surface area is 141 Å². The van der Waals surface area contributed by atoms with Crippen molar-refractivity contribution in [2.24, 2.45) is 22.9 Å². The lowest BCUT2D eigenvalue weighted by Crippen LogP contribution is -2.24. The Hall–Kier alpha value is -1.50. The van der Waals surface area contributed by atoms with E-state index in [4.69, 9.17) is 9.57 Å². The van der Waals surface area contributed by atoms with E-state index < -0.39 is 5.60 Å².